The first-order chi connectivity index (χ1) is 10.5. The Morgan fingerprint density at radius 3 is 2.55 bits per heavy atom. The first-order valence-corrected chi connectivity index (χ1v) is 7.42. The Kier molecular flexibility index (Phi) is 5.20. The molecule has 5 heteroatoms. The lowest BCUT2D eigenvalue weighted by molar-refractivity contribution is 0.0827. The van der Waals surface area contributed by atoms with Crippen molar-refractivity contribution in [1.29, 1.82) is 0 Å². The minimum Gasteiger partial charge on any atom is -0.478 e. The number of amides is 1. The second-order valence-corrected chi connectivity index (χ2v) is 5.55. The summed E-state index contributed by atoms with van der Waals surface area (Å²) in [5.41, 5.74) is 3.11. The molecule has 2 heterocycles. The van der Waals surface area contributed by atoms with Crippen molar-refractivity contribution in [1.82, 2.24) is 14.5 Å². The lowest BCUT2D eigenvalue weighted by Crippen LogP contribution is -2.21. The minimum atomic E-state index is -0.0501. The van der Waals surface area contributed by atoms with Gasteiger partial charge in [0.05, 0.1) is 6.61 Å². The molecule has 118 valence electrons. The molecule has 0 aliphatic heterocycles. The average molecular weight is 301 g/mol. The molecule has 2 rings (SSSR count). The number of aromatic nitrogens is 2. The molecule has 0 fully saturated rings. The maximum Gasteiger partial charge on any atom is 0.253 e. The fraction of sp³-hybridized carbons (Fsp3) is 0.412. The fourth-order valence-electron chi connectivity index (χ4n) is 2.33. The molecular formula is C17H23N3O2. The van der Waals surface area contributed by atoms with Crippen molar-refractivity contribution in [3.05, 3.63) is 47.4 Å². The van der Waals surface area contributed by atoms with E-state index in [-0.39, 0.29) is 5.91 Å². The molecule has 0 unspecified atom stereocenters. The smallest absolute Gasteiger partial charge is 0.253 e. The second-order valence-electron chi connectivity index (χ2n) is 5.55. The Morgan fingerprint density at radius 1 is 1.23 bits per heavy atom. The third kappa shape index (κ3) is 3.87. The molecule has 0 saturated carbocycles. The quantitative estimate of drug-likeness (QED) is 0.771. The number of pyridine rings is 1. The standard InChI is InChI=1S/C17H23N3O2/c1-13-6-7-14(2)20(13)10-5-11-22-16-12-15(8-9-18-16)17(21)19(3)4/h6-9,12H,5,10-11H2,1-4H3. The highest BCUT2D eigenvalue weighted by Crippen LogP contribution is 2.12. The molecule has 0 radical (unpaired) electrons. The van der Waals surface area contributed by atoms with Gasteiger partial charge in [-0.15, -0.1) is 0 Å². The zero-order chi connectivity index (χ0) is 16.1. The monoisotopic (exact) mass is 301 g/mol. The molecule has 2 aromatic rings. The number of carbonyl (C=O) groups is 1. The summed E-state index contributed by atoms with van der Waals surface area (Å²) in [6.45, 7) is 5.70. The third-order valence-corrected chi connectivity index (χ3v) is 3.58. The van der Waals surface area contributed by atoms with Gasteiger partial charge in [0, 0.05) is 49.9 Å². The summed E-state index contributed by atoms with van der Waals surface area (Å²) in [6.07, 6.45) is 2.50. The largest absolute Gasteiger partial charge is 0.478 e. The predicted octanol–water partition coefficient (Wildman–Crippen LogP) is 2.67. The van der Waals surface area contributed by atoms with Crippen molar-refractivity contribution < 1.29 is 9.53 Å². The summed E-state index contributed by atoms with van der Waals surface area (Å²) >= 11 is 0. The van der Waals surface area contributed by atoms with Gasteiger partial charge in [0.25, 0.3) is 5.91 Å². The fourth-order valence-corrected chi connectivity index (χ4v) is 2.33. The molecule has 0 aromatic carbocycles. The van der Waals surface area contributed by atoms with Crippen molar-refractivity contribution in [2.45, 2.75) is 26.8 Å². The number of carbonyl (C=O) groups excluding carboxylic acids is 1. The van der Waals surface area contributed by atoms with Crippen LogP contribution in [-0.2, 0) is 6.54 Å². The maximum atomic E-state index is 11.9. The summed E-state index contributed by atoms with van der Waals surface area (Å²) < 4.78 is 7.93. The van der Waals surface area contributed by atoms with E-state index in [0.717, 1.165) is 13.0 Å². The van der Waals surface area contributed by atoms with Crippen LogP contribution >= 0.6 is 0 Å². The summed E-state index contributed by atoms with van der Waals surface area (Å²) in [5.74, 6) is 0.444. The van der Waals surface area contributed by atoms with E-state index in [9.17, 15) is 4.79 Å². The molecule has 1 amide bonds. The second kappa shape index (κ2) is 7.11. The lowest BCUT2D eigenvalue weighted by Gasteiger charge is -2.12. The molecule has 2 aromatic heterocycles. The third-order valence-electron chi connectivity index (χ3n) is 3.58. The number of rotatable bonds is 6. The van der Waals surface area contributed by atoms with E-state index in [1.54, 1.807) is 32.4 Å². The number of nitrogens with zero attached hydrogens (tertiary/aromatic N) is 3. The van der Waals surface area contributed by atoms with Crippen LogP contribution in [0.3, 0.4) is 0 Å². The Balaban J connectivity index is 1.87. The van der Waals surface area contributed by atoms with Crippen molar-refractivity contribution in [2.24, 2.45) is 0 Å². The molecule has 22 heavy (non-hydrogen) atoms. The van der Waals surface area contributed by atoms with Crippen molar-refractivity contribution in [3.63, 3.8) is 0 Å². The summed E-state index contributed by atoms with van der Waals surface area (Å²) in [4.78, 5) is 17.6. The van der Waals surface area contributed by atoms with Crippen molar-refractivity contribution >= 4 is 5.91 Å². The van der Waals surface area contributed by atoms with Crippen LogP contribution in [-0.4, -0.2) is 41.1 Å². The lowest BCUT2D eigenvalue weighted by atomic mass is 10.2. The van der Waals surface area contributed by atoms with Crippen molar-refractivity contribution in [3.8, 4) is 5.88 Å². The van der Waals surface area contributed by atoms with Gasteiger partial charge in [-0.2, -0.15) is 0 Å². The maximum absolute atomic E-state index is 11.9. The molecule has 0 spiro atoms. The van der Waals surface area contributed by atoms with E-state index in [2.05, 4.69) is 35.5 Å². The van der Waals surface area contributed by atoms with Gasteiger partial charge in [0.15, 0.2) is 0 Å². The van der Waals surface area contributed by atoms with E-state index >= 15 is 0 Å². The van der Waals surface area contributed by atoms with Crippen LogP contribution in [0.4, 0.5) is 0 Å². The van der Waals surface area contributed by atoms with Crippen molar-refractivity contribution in [2.75, 3.05) is 20.7 Å². The highest BCUT2D eigenvalue weighted by Gasteiger charge is 2.09. The van der Waals surface area contributed by atoms with E-state index in [4.69, 9.17) is 4.74 Å². The molecule has 5 nitrogen and oxygen atoms in total. The van der Waals surface area contributed by atoms with Gasteiger partial charge in [-0.3, -0.25) is 4.79 Å². The van der Waals surface area contributed by atoms with Crippen LogP contribution in [0.2, 0.25) is 0 Å². The Hall–Kier alpha value is -2.30. The number of hydrogen-bond donors (Lipinski definition) is 0. The molecular weight excluding hydrogens is 278 g/mol. The van der Waals surface area contributed by atoms with Crippen LogP contribution < -0.4 is 4.74 Å². The van der Waals surface area contributed by atoms with Gasteiger partial charge in [-0.25, -0.2) is 4.98 Å². The first-order valence-electron chi connectivity index (χ1n) is 7.42. The zero-order valence-electron chi connectivity index (χ0n) is 13.7. The normalized spacial score (nSPS) is 10.5. The van der Waals surface area contributed by atoms with E-state index in [1.165, 1.54) is 16.3 Å². The summed E-state index contributed by atoms with van der Waals surface area (Å²) in [5, 5.41) is 0. The summed E-state index contributed by atoms with van der Waals surface area (Å²) in [7, 11) is 3.45. The first kappa shape index (κ1) is 16.1. The zero-order valence-corrected chi connectivity index (χ0v) is 13.7. The highest BCUT2D eigenvalue weighted by molar-refractivity contribution is 5.94. The topological polar surface area (TPSA) is 47.4 Å². The SMILES string of the molecule is Cc1ccc(C)n1CCCOc1cc(C(=O)N(C)C)ccn1. The predicted molar refractivity (Wildman–Crippen MR) is 86.3 cm³/mol. The number of aryl methyl sites for hydroxylation is 2. The van der Waals surface area contributed by atoms with Crippen LogP contribution in [0.1, 0.15) is 28.2 Å². The molecule has 0 bridgehead atoms. The van der Waals surface area contributed by atoms with Gasteiger partial charge in [0.2, 0.25) is 5.88 Å². The van der Waals surface area contributed by atoms with E-state index in [0.29, 0.717) is 18.1 Å². The minimum absolute atomic E-state index is 0.0501. The number of ether oxygens (including phenoxy) is 1. The van der Waals surface area contributed by atoms with Gasteiger partial charge >= 0.3 is 0 Å². The van der Waals surface area contributed by atoms with Gasteiger partial charge in [-0.1, -0.05) is 0 Å². The van der Waals surface area contributed by atoms with Crippen LogP contribution in [0.5, 0.6) is 5.88 Å². The molecule has 0 N–H and O–H groups in total. The van der Waals surface area contributed by atoms with Gasteiger partial charge in [-0.05, 0) is 38.5 Å². The highest BCUT2D eigenvalue weighted by atomic mass is 16.5. The van der Waals surface area contributed by atoms with E-state index in [1.807, 2.05) is 0 Å². The van der Waals surface area contributed by atoms with E-state index < -0.39 is 0 Å². The summed E-state index contributed by atoms with van der Waals surface area (Å²) in [6, 6.07) is 7.62. The Bertz CT molecular complexity index is 628. The van der Waals surface area contributed by atoms with Gasteiger partial charge in [0.1, 0.15) is 0 Å². The number of hydrogen-bond acceptors (Lipinski definition) is 3. The van der Waals surface area contributed by atoms with Crippen LogP contribution in [0.15, 0.2) is 30.5 Å². The Morgan fingerprint density at radius 2 is 1.91 bits per heavy atom. The van der Waals surface area contributed by atoms with Gasteiger partial charge < -0.3 is 14.2 Å². The average Bonchev–Trinajstić information content (AvgIpc) is 2.82. The molecule has 0 atom stereocenters. The molecule has 0 saturated heterocycles. The molecule has 0 aliphatic carbocycles. The Labute approximate surface area is 131 Å². The van der Waals surface area contributed by atoms with Crippen LogP contribution in [0, 0.1) is 13.8 Å². The van der Waals surface area contributed by atoms with Crippen LogP contribution in [0.25, 0.3) is 0 Å². The molecule has 0 aliphatic rings.